The molecule has 54 heavy (non-hydrogen) atoms. The van der Waals surface area contributed by atoms with Crippen molar-refractivity contribution in [1.82, 2.24) is 4.90 Å². The summed E-state index contributed by atoms with van der Waals surface area (Å²) in [5.41, 5.74) is 5.78. The third-order valence-electron chi connectivity index (χ3n) is 11.5. The van der Waals surface area contributed by atoms with E-state index in [2.05, 4.69) is 32.6 Å². The van der Waals surface area contributed by atoms with Gasteiger partial charge in [-0.25, -0.2) is 0 Å². The largest absolute Gasteiger partial charge is 0.466 e. The summed E-state index contributed by atoms with van der Waals surface area (Å²) >= 11 is 0. The highest BCUT2D eigenvalue weighted by Gasteiger charge is 2.12. The molecule has 322 valence electrons. The van der Waals surface area contributed by atoms with E-state index < -0.39 is 0 Å². The number of carbonyl (C=O) groups is 2. The molecule has 6 heteroatoms. The maximum absolute atomic E-state index is 12.3. The van der Waals surface area contributed by atoms with E-state index in [1.54, 1.807) is 0 Å². The van der Waals surface area contributed by atoms with Crippen LogP contribution < -0.4 is 5.73 Å². The summed E-state index contributed by atoms with van der Waals surface area (Å²) in [4.78, 5) is 27.2. The standard InChI is InChI=1S/C48H96N2O4/c1-5-9-19-31-45(32-20-10-6-2)35-29-43-53-47(51)37-23-15-13-17-26-40-50(42-28-25-39-49)41-27-18-14-16-24-38-48(52)54-44-30-36-46(33-21-11-7-3)34-22-12-8-4/h45-46H,5-44,49H2,1-4H3. The van der Waals surface area contributed by atoms with Crippen molar-refractivity contribution in [2.45, 2.75) is 246 Å². The molecular weight excluding hydrogens is 669 g/mol. The van der Waals surface area contributed by atoms with Crippen LogP contribution in [0.1, 0.15) is 246 Å². The Morgan fingerprint density at radius 1 is 0.407 bits per heavy atom. The van der Waals surface area contributed by atoms with E-state index in [4.69, 9.17) is 15.2 Å². The van der Waals surface area contributed by atoms with E-state index in [0.717, 1.165) is 83.0 Å². The molecule has 0 atom stereocenters. The summed E-state index contributed by atoms with van der Waals surface area (Å²) in [6, 6.07) is 0. The molecule has 0 aromatic rings. The minimum Gasteiger partial charge on any atom is -0.466 e. The van der Waals surface area contributed by atoms with Crippen LogP contribution in [0.3, 0.4) is 0 Å². The fraction of sp³-hybridized carbons (Fsp3) is 0.958. The molecule has 0 spiro atoms. The van der Waals surface area contributed by atoms with Crippen LogP contribution in [0.2, 0.25) is 0 Å². The van der Waals surface area contributed by atoms with Gasteiger partial charge in [-0.15, -0.1) is 0 Å². The first-order valence-electron chi connectivity index (χ1n) is 24.2. The molecular formula is C48H96N2O4. The SMILES string of the molecule is CCCCCC(CCCCC)CCCOC(=O)CCCCCCCN(CCCCN)CCCCCCCC(=O)OCCCC(CCCCC)CCCCC. The van der Waals surface area contributed by atoms with E-state index in [1.165, 1.54) is 161 Å². The van der Waals surface area contributed by atoms with Crippen LogP contribution in [0, 0.1) is 11.8 Å². The Morgan fingerprint density at radius 3 is 1.07 bits per heavy atom. The van der Waals surface area contributed by atoms with Crippen LogP contribution in [-0.2, 0) is 19.1 Å². The molecule has 0 radical (unpaired) electrons. The first-order chi connectivity index (χ1) is 26.5. The zero-order valence-corrected chi connectivity index (χ0v) is 37.1. The average Bonchev–Trinajstić information content (AvgIpc) is 3.17. The lowest BCUT2D eigenvalue weighted by Crippen LogP contribution is -2.27. The third kappa shape index (κ3) is 37.8. The van der Waals surface area contributed by atoms with Gasteiger partial charge in [-0.3, -0.25) is 9.59 Å². The van der Waals surface area contributed by atoms with Gasteiger partial charge < -0.3 is 20.1 Å². The van der Waals surface area contributed by atoms with Gasteiger partial charge in [0.05, 0.1) is 13.2 Å². The summed E-state index contributed by atoms with van der Waals surface area (Å²) in [5, 5.41) is 0. The van der Waals surface area contributed by atoms with E-state index >= 15 is 0 Å². The Labute approximate surface area is 338 Å². The van der Waals surface area contributed by atoms with E-state index in [9.17, 15) is 9.59 Å². The predicted octanol–water partition coefficient (Wildman–Crippen LogP) is 13.9. The van der Waals surface area contributed by atoms with Gasteiger partial charge in [0.1, 0.15) is 0 Å². The van der Waals surface area contributed by atoms with Crippen molar-refractivity contribution in [3.63, 3.8) is 0 Å². The monoisotopic (exact) mass is 765 g/mol. The second kappa shape index (κ2) is 43.0. The van der Waals surface area contributed by atoms with Gasteiger partial charge in [-0.1, -0.05) is 169 Å². The van der Waals surface area contributed by atoms with Gasteiger partial charge in [0, 0.05) is 12.8 Å². The minimum atomic E-state index is -0.000541. The molecule has 0 rings (SSSR count). The van der Waals surface area contributed by atoms with E-state index in [1.807, 2.05) is 0 Å². The minimum absolute atomic E-state index is 0.000541. The number of nitrogens with two attached hydrogens (primary N) is 1. The van der Waals surface area contributed by atoms with Crippen molar-refractivity contribution in [2.24, 2.45) is 17.6 Å². The molecule has 0 aromatic heterocycles. The van der Waals surface area contributed by atoms with Crippen molar-refractivity contribution >= 4 is 11.9 Å². The lowest BCUT2D eigenvalue weighted by Gasteiger charge is -2.22. The van der Waals surface area contributed by atoms with Crippen molar-refractivity contribution < 1.29 is 19.1 Å². The number of hydrogen-bond donors (Lipinski definition) is 1. The Morgan fingerprint density at radius 2 is 0.722 bits per heavy atom. The van der Waals surface area contributed by atoms with Crippen molar-refractivity contribution in [2.75, 3.05) is 39.4 Å². The lowest BCUT2D eigenvalue weighted by molar-refractivity contribution is -0.144. The second-order valence-electron chi connectivity index (χ2n) is 16.8. The average molecular weight is 765 g/mol. The van der Waals surface area contributed by atoms with Gasteiger partial charge in [0.15, 0.2) is 0 Å². The number of nitrogens with zero attached hydrogens (tertiary/aromatic N) is 1. The molecule has 0 saturated carbocycles. The quantitative estimate of drug-likeness (QED) is 0.0491. The van der Waals surface area contributed by atoms with Gasteiger partial charge in [0.25, 0.3) is 0 Å². The summed E-state index contributed by atoms with van der Waals surface area (Å²) in [5.74, 6) is 1.62. The molecule has 0 aliphatic rings. The van der Waals surface area contributed by atoms with E-state index in [0.29, 0.717) is 26.1 Å². The maximum atomic E-state index is 12.3. The number of esters is 2. The first kappa shape index (κ1) is 52.9. The Kier molecular flexibility index (Phi) is 42.1. The predicted molar refractivity (Wildman–Crippen MR) is 234 cm³/mol. The maximum Gasteiger partial charge on any atom is 0.305 e. The molecule has 2 N–H and O–H groups in total. The van der Waals surface area contributed by atoms with Gasteiger partial charge >= 0.3 is 11.9 Å². The molecule has 0 saturated heterocycles. The zero-order valence-electron chi connectivity index (χ0n) is 37.1. The highest BCUT2D eigenvalue weighted by Crippen LogP contribution is 2.24. The smallest absolute Gasteiger partial charge is 0.305 e. The molecule has 0 unspecified atom stereocenters. The summed E-state index contributed by atoms with van der Waals surface area (Å²) < 4.78 is 11.2. The van der Waals surface area contributed by atoms with Crippen molar-refractivity contribution in [3.05, 3.63) is 0 Å². The van der Waals surface area contributed by atoms with Crippen LogP contribution in [-0.4, -0.2) is 56.2 Å². The number of ether oxygens (including phenoxy) is 2. The second-order valence-corrected chi connectivity index (χ2v) is 16.8. The third-order valence-corrected chi connectivity index (χ3v) is 11.5. The molecule has 0 aliphatic carbocycles. The van der Waals surface area contributed by atoms with Crippen LogP contribution >= 0.6 is 0 Å². The topological polar surface area (TPSA) is 81.9 Å². The highest BCUT2D eigenvalue weighted by molar-refractivity contribution is 5.69. The fourth-order valence-corrected chi connectivity index (χ4v) is 7.94. The van der Waals surface area contributed by atoms with Gasteiger partial charge in [0.2, 0.25) is 0 Å². The molecule has 0 aliphatic heterocycles. The normalized spacial score (nSPS) is 11.7. The fourth-order valence-electron chi connectivity index (χ4n) is 7.94. The zero-order chi connectivity index (χ0) is 39.6. The summed E-state index contributed by atoms with van der Waals surface area (Å²) in [7, 11) is 0. The Bertz CT molecular complexity index is 700. The van der Waals surface area contributed by atoms with Crippen LogP contribution in [0.15, 0.2) is 0 Å². The molecule has 0 heterocycles. The molecule has 0 aromatic carbocycles. The van der Waals surface area contributed by atoms with E-state index in [-0.39, 0.29) is 11.9 Å². The van der Waals surface area contributed by atoms with Crippen LogP contribution in [0.4, 0.5) is 0 Å². The van der Waals surface area contributed by atoms with Crippen LogP contribution in [0.5, 0.6) is 0 Å². The number of rotatable bonds is 44. The van der Waals surface area contributed by atoms with Gasteiger partial charge in [-0.05, 0) is 102 Å². The lowest BCUT2D eigenvalue weighted by atomic mass is 9.91. The van der Waals surface area contributed by atoms with Gasteiger partial charge in [-0.2, -0.15) is 0 Å². The molecule has 0 amide bonds. The molecule has 0 bridgehead atoms. The van der Waals surface area contributed by atoms with Crippen molar-refractivity contribution in [3.8, 4) is 0 Å². The summed E-state index contributed by atoms with van der Waals surface area (Å²) in [6.07, 6.45) is 40.6. The highest BCUT2D eigenvalue weighted by atomic mass is 16.5. The number of hydrogen-bond acceptors (Lipinski definition) is 6. The Hall–Kier alpha value is -1.14. The number of carbonyl (C=O) groups excluding carboxylic acids is 2. The molecule has 0 fully saturated rings. The molecule has 6 nitrogen and oxygen atoms in total. The first-order valence-corrected chi connectivity index (χ1v) is 24.2. The summed E-state index contributed by atoms with van der Waals surface area (Å²) in [6.45, 7) is 14.6. The number of unbranched alkanes of at least 4 members (excludes halogenated alkanes) is 17. The van der Waals surface area contributed by atoms with Crippen LogP contribution in [0.25, 0.3) is 0 Å². The Balaban J connectivity index is 4.00. The van der Waals surface area contributed by atoms with Crippen molar-refractivity contribution in [1.29, 1.82) is 0 Å².